The zero-order chi connectivity index (χ0) is 13.8. The van der Waals surface area contributed by atoms with Crippen molar-refractivity contribution in [2.45, 2.75) is 13.3 Å². The number of Topliss-reactive ketones (excluding diaryl/α,β-unsaturated/α-hetero) is 1. The van der Waals surface area contributed by atoms with Crippen LogP contribution in [0.1, 0.15) is 23.7 Å². The monoisotopic (exact) mass is 276 g/mol. The van der Waals surface area contributed by atoms with E-state index in [0.29, 0.717) is 10.6 Å². The van der Waals surface area contributed by atoms with E-state index in [1.165, 1.54) is 0 Å². The first-order valence-corrected chi connectivity index (χ1v) is 6.37. The summed E-state index contributed by atoms with van der Waals surface area (Å²) in [7, 11) is 0. The van der Waals surface area contributed by atoms with Gasteiger partial charge in [-0.3, -0.25) is 9.59 Å². The van der Waals surface area contributed by atoms with Crippen LogP contribution < -0.4 is 0 Å². The second-order valence-corrected chi connectivity index (χ2v) is 4.43. The minimum absolute atomic E-state index is 0.261. The SMILES string of the molecule is CCOC(=O)CC(=O)c1ccc2ccccc2c1Cl. The molecule has 0 amide bonds. The minimum atomic E-state index is -0.531. The zero-order valence-electron chi connectivity index (χ0n) is 10.5. The number of hydrogen-bond donors (Lipinski definition) is 0. The van der Waals surface area contributed by atoms with Crippen LogP contribution in [0.2, 0.25) is 5.02 Å². The normalized spacial score (nSPS) is 10.4. The highest BCUT2D eigenvalue weighted by Crippen LogP contribution is 2.28. The molecular weight excluding hydrogens is 264 g/mol. The Bertz CT molecular complexity index is 634. The number of fused-ring (bicyclic) bond motifs is 1. The lowest BCUT2D eigenvalue weighted by molar-refractivity contribution is -0.141. The maximum absolute atomic E-state index is 12.0. The van der Waals surface area contributed by atoms with Gasteiger partial charge in [-0.2, -0.15) is 0 Å². The number of carbonyl (C=O) groups is 2. The molecule has 19 heavy (non-hydrogen) atoms. The summed E-state index contributed by atoms with van der Waals surface area (Å²) in [5.74, 6) is -0.856. The number of rotatable bonds is 4. The summed E-state index contributed by atoms with van der Waals surface area (Å²) in [6.45, 7) is 1.96. The van der Waals surface area contributed by atoms with Gasteiger partial charge in [-0.1, -0.05) is 41.9 Å². The molecule has 0 aliphatic carbocycles. The number of carbonyl (C=O) groups excluding carboxylic acids is 2. The number of benzene rings is 2. The zero-order valence-corrected chi connectivity index (χ0v) is 11.2. The Hall–Kier alpha value is -1.87. The number of ketones is 1. The predicted molar refractivity (Wildman–Crippen MR) is 74.5 cm³/mol. The van der Waals surface area contributed by atoms with Gasteiger partial charge in [0.1, 0.15) is 6.42 Å². The summed E-state index contributed by atoms with van der Waals surface area (Å²) >= 11 is 6.22. The fourth-order valence-electron chi connectivity index (χ4n) is 1.89. The van der Waals surface area contributed by atoms with Crippen molar-refractivity contribution in [3.8, 4) is 0 Å². The number of halogens is 1. The first-order chi connectivity index (χ1) is 9.13. The van der Waals surface area contributed by atoms with E-state index in [9.17, 15) is 9.59 Å². The van der Waals surface area contributed by atoms with Crippen LogP contribution in [-0.2, 0) is 9.53 Å². The van der Waals surface area contributed by atoms with Gasteiger partial charge in [0.25, 0.3) is 0 Å². The summed E-state index contributed by atoms with van der Waals surface area (Å²) in [4.78, 5) is 23.3. The standard InChI is InChI=1S/C15H13ClO3/c1-2-19-14(18)9-13(17)12-8-7-10-5-3-4-6-11(10)15(12)16/h3-8H,2,9H2,1H3. The molecule has 0 bridgehead atoms. The predicted octanol–water partition coefficient (Wildman–Crippen LogP) is 3.63. The van der Waals surface area contributed by atoms with Crippen LogP contribution in [0.25, 0.3) is 10.8 Å². The van der Waals surface area contributed by atoms with Crippen molar-refractivity contribution in [1.29, 1.82) is 0 Å². The van der Waals surface area contributed by atoms with Crippen molar-refractivity contribution in [2.75, 3.05) is 6.61 Å². The Morgan fingerprint density at radius 1 is 1.16 bits per heavy atom. The van der Waals surface area contributed by atoms with Crippen LogP contribution in [0.5, 0.6) is 0 Å². The van der Waals surface area contributed by atoms with Gasteiger partial charge >= 0.3 is 5.97 Å². The van der Waals surface area contributed by atoms with Gasteiger partial charge < -0.3 is 4.74 Å². The molecule has 0 aromatic heterocycles. The molecule has 0 spiro atoms. The largest absolute Gasteiger partial charge is 0.466 e. The van der Waals surface area contributed by atoms with Crippen molar-refractivity contribution >= 4 is 34.1 Å². The number of hydrogen-bond acceptors (Lipinski definition) is 3. The molecular formula is C15H13ClO3. The molecule has 3 nitrogen and oxygen atoms in total. The smallest absolute Gasteiger partial charge is 0.313 e. The number of ether oxygens (including phenoxy) is 1. The molecule has 0 atom stereocenters. The number of esters is 1. The lowest BCUT2D eigenvalue weighted by Crippen LogP contribution is -2.11. The van der Waals surface area contributed by atoms with E-state index >= 15 is 0 Å². The fourth-order valence-corrected chi connectivity index (χ4v) is 2.23. The second-order valence-electron chi connectivity index (χ2n) is 4.05. The van der Waals surface area contributed by atoms with Crippen LogP contribution in [-0.4, -0.2) is 18.4 Å². The van der Waals surface area contributed by atoms with E-state index in [2.05, 4.69) is 0 Å². The van der Waals surface area contributed by atoms with Crippen molar-refractivity contribution in [1.82, 2.24) is 0 Å². The molecule has 0 unspecified atom stereocenters. The van der Waals surface area contributed by atoms with Gasteiger partial charge in [0.15, 0.2) is 5.78 Å². The summed E-state index contributed by atoms with van der Waals surface area (Å²) < 4.78 is 4.76. The first-order valence-electron chi connectivity index (χ1n) is 5.99. The van der Waals surface area contributed by atoms with Crippen molar-refractivity contribution in [3.63, 3.8) is 0 Å². The first kappa shape index (κ1) is 13.6. The van der Waals surface area contributed by atoms with Crippen LogP contribution in [0, 0.1) is 0 Å². The summed E-state index contributed by atoms with van der Waals surface area (Å²) in [6, 6.07) is 11.0. The molecule has 0 saturated heterocycles. The van der Waals surface area contributed by atoms with Crippen molar-refractivity contribution < 1.29 is 14.3 Å². The lowest BCUT2D eigenvalue weighted by atomic mass is 10.0. The fraction of sp³-hybridized carbons (Fsp3) is 0.200. The van der Waals surface area contributed by atoms with Crippen molar-refractivity contribution in [2.24, 2.45) is 0 Å². The Balaban J connectivity index is 2.32. The third-order valence-corrected chi connectivity index (χ3v) is 3.18. The van der Waals surface area contributed by atoms with Crippen LogP contribution in [0.15, 0.2) is 36.4 Å². The lowest BCUT2D eigenvalue weighted by Gasteiger charge is -2.07. The molecule has 0 aliphatic rings. The Morgan fingerprint density at radius 3 is 2.63 bits per heavy atom. The Morgan fingerprint density at radius 2 is 1.89 bits per heavy atom. The van der Waals surface area contributed by atoms with Gasteiger partial charge in [0, 0.05) is 10.9 Å². The molecule has 0 radical (unpaired) electrons. The maximum Gasteiger partial charge on any atom is 0.313 e. The van der Waals surface area contributed by atoms with Gasteiger partial charge in [0.2, 0.25) is 0 Å². The Labute approximate surface area is 116 Å². The van der Waals surface area contributed by atoms with Crippen LogP contribution in [0.3, 0.4) is 0 Å². The van der Waals surface area contributed by atoms with Crippen LogP contribution in [0.4, 0.5) is 0 Å². The molecule has 0 fully saturated rings. The highest BCUT2D eigenvalue weighted by atomic mass is 35.5. The van der Waals surface area contributed by atoms with E-state index < -0.39 is 5.97 Å². The maximum atomic E-state index is 12.0. The molecule has 98 valence electrons. The minimum Gasteiger partial charge on any atom is -0.466 e. The van der Waals surface area contributed by atoms with E-state index in [1.54, 1.807) is 13.0 Å². The summed E-state index contributed by atoms with van der Waals surface area (Å²) in [5.41, 5.74) is 0.355. The summed E-state index contributed by atoms with van der Waals surface area (Å²) in [5, 5.41) is 2.14. The molecule has 0 saturated carbocycles. The van der Waals surface area contributed by atoms with E-state index in [0.717, 1.165) is 10.8 Å². The average Bonchev–Trinajstić information content (AvgIpc) is 2.39. The highest BCUT2D eigenvalue weighted by molar-refractivity contribution is 6.39. The molecule has 2 rings (SSSR count). The van der Waals surface area contributed by atoms with E-state index in [1.807, 2.05) is 30.3 Å². The molecule has 0 aliphatic heterocycles. The van der Waals surface area contributed by atoms with Gasteiger partial charge in [-0.05, 0) is 18.4 Å². The summed E-state index contributed by atoms with van der Waals surface area (Å²) in [6.07, 6.45) is -0.286. The second kappa shape index (κ2) is 5.85. The van der Waals surface area contributed by atoms with Crippen LogP contribution >= 0.6 is 11.6 Å². The molecule has 4 heteroatoms. The third kappa shape index (κ3) is 2.93. The van der Waals surface area contributed by atoms with Gasteiger partial charge in [-0.15, -0.1) is 0 Å². The topological polar surface area (TPSA) is 43.4 Å². The van der Waals surface area contributed by atoms with Gasteiger partial charge in [-0.25, -0.2) is 0 Å². The Kier molecular flexibility index (Phi) is 4.17. The van der Waals surface area contributed by atoms with Gasteiger partial charge in [0.05, 0.1) is 11.6 Å². The van der Waals surface area contributed by atoms with E-state index in [-0.39, 0.29) is 18.8 Å². The molecule has 0 heterocycles. The van der Waals surface area contributed by atoms with E-state index in [4.69, 9.17) is 16.3 Å². The molecule has 0 N–H and O–H groups in total. The molecule has 2 aromatic rings. The third-order valence-electron chi connectivity index (χ3n) is 2.77. The highest BCUT2D eigenvalue weighted by Gasteiger charge is 2.16. The molecule has 2 aromatic carbocycles. The quantitative estimate of drug-likeness (QED) is 0.486. The van der Waals surface area contributed by atoms with Crippen molar-refractivity contribution in [3.05, 3.63) is 47.0 Å². The average molecular weight is 277 g/mol.